The molecule has 35 heavy (non-hydrogen) atoms. The molecule has 1 aliphatic heterocycles. The molecule has 0 atom stereocenters. The molecule has 2 heterocycles. The zero-order valence-electron chi connectivity index (χ0n) is 21.3. The number of hydrogen-bond donors (Lipinski definition) is 2. The highest BCUT2D eigenvalue weighted by atomic mass is 16.7. The van der Waals surface area contributed by atoms with Gasteiger partial charge in [0, 0.05) is 12.7 Å². The largest absolute Gasteiger partial charge is 0.494 e. The summed E-state index contributed by atoms with van der Waals surface area (Å²) in [6, 6.07) is 17.3. The highest BCUT2D eigenvalue weighted by Crippen LogP contribution is 2.36. The van der Waals surface area contributed by atoms with Crippen LogP contribution in [0.4, 0.5) is 11.4 Å². The van der Waals surface area contributed by atoms with Crippen LogP contribution in [-0.4, -0.2) is 48.2 Å². The molecule has 8 heteroatoms. The Morgan fingerprint density at radius 3 is 2.17 bits per heavy atom. The number of carbonyl (C=O) groups is 1. The van der Waals surface area contributed by atoms with Crippen molar-refractivity contribution in [2.24, 2.45) is 0 Å². The number of carbonyl (C=O) groups excluding carboxylic acids is 1. The summed E-state index contributed by atoms with van der Waals surface area (Å²) >= 11 is 0. The van der Waals surface area contributed by atoms with Crippen LogP contribution in [0.25, 0.3) is 11.1 Å². The van der Waals surface area contributed by atoms with Gasteiger partial charge in [-0.25, -0.2) is 0 Å². The third-order valence-electron chi connectivity index (χ3n) is 6.64. The van der Waals surface area contributed by atoms with Crippen molar-refractivity contribution >= 4 is 29.9 Å². The monoisotopic (exact) mass is 472 g/mol. The minimum atomic E-state index is -0.409. The SMILES string of the molecule is CN(C)Cc1ccc(C(=O)Nc2cc(-c3ccc(B4OC(C)(C)C(C)(C)O4)cc3)ccc2N)cn1. The minimum Gasteiger partial charge on any atom is -0.399 e. The van der Waals surface area contributed by atoms with Gasteiger partial charge in [-0.2, -0.15) is 0 Å². The van der Waals surface area contributed by atoms with Gasteiger partial charge in [-0.1, -0.05) is 30.3 Å². The van der Waals surface area contributed by atoms with E-state index in [0.717, 1.165) is 22.3 Å². The van der Waals surface area contributed by atoms with Crippen LogP contribution in [0.5, 0.6) is 0 Å². The first-order valence-electron chi connectivity index (χ1n) is 11.7. The molecule has 2 aromatic carbocycles. The average Bonchev–Trinajstić information content (AvgIpc) is 3.02. The first-order chi connectivity index (χ1) is 16.4. The molecule has 0 spiro atoms. The smallest absolute Gasteiger partial charge is 0.399 e. The molecule has 3 aromatic rings. The Hall–Kier alpha value is -3.20. The van der Waals surface area contributed by atoms with E-state index >= 15 is 0 Å². The van der Waals surface area contributed by atoms with Gasteiger partial charge in [0.05, 0.1) is 33.8 Å². The first kappa shape index (κ1) is 24.9. The van der Waals surface area contributed by atoms with E-state index < -0.39 is 7.12 Å². The van der Waals surface area contributed by atoms with Crippen LogP contribution < -0.4 is 16.5 Å². The summed E-state index contributed by atoms with van der Waals surface area (Å²) in [5.41, 5.74) is 10.7. The standard InChI is InChI=1S/C27H33BN4O3/c1-26(2)27(3,4)35-28(34-26)21-11-7-18(8-12-21)19-10-14-23(29)24(15-19)31-25(33)20-9-13-22(30-16-20)17-32(5)6/h7-16H,17,29H2,1-6H3,(H,31,33). The van der Waals surface area contributed by atoms with Crippen LogP contribution in [0, 0.1) is 0 Å². The lowest BCUT2D eigenvalue weighted by Gasteiger charge is -2.32. The first-order valence-corrected chi connectivity index (χ1v) is 11.7. The maximum atomic E-state index is 12.8. The van der Waals surface area contributed by atoms with E-state index in [1.165, 1.54) is 0 Å². The number of pyridine rings is 1. The zero-order chi connectivity index (χ0) is 25.4. The van der Waals surface area contributed by atoms with E-state index in [-0.39, 0.29) is 17.1 Å². The summed E-state index contributed by atoms with van der Waals surface area (Å²) < 4.78 is 12.3. The Morgan fingerprint density at radius 1 is 0.971 bits per heavy atom. The lowest BCUT2D eigenvalue weighted by atomic mass is 9.78. The normalized spacial score (nSPS) is 16.5. The number of nitrogens with two attached hydrogens (primary N) is 1. The maximum Gasteiger partial charge on any atom is 0.494 e. The number of benzene rings is 2. The van der Waals surface area contributed by atoms with Gasteiger partial charge in [-0.15, -0.1) is 0 Å². The lowest BCUT2D eigenvalue weighted by Crippen LogP contribution is -2.41. The van der Waals surface area contributed by atoms with E-state index in [2.05, 4.69) is 10.3 Å². The van der Waals surface area contributed by atoms with Crippen LogP contribution in [0.2, 0.25) is 0 Å². The summed E-state index contributed by atoms with van der Waals surface area (Å²) in [6.45, 7) is 8.88. The van der Waals surface area contributed by atoms with Crippen molar-refractivity contribution < 1.29 is 14.1 Å². The van der Waals surface area contributed by atoms with Gasteiger partial charge >= 0.3 is 7.12 Å². The van der Waals surface area contributed by atoms with E-state index in [1.54, 1.807) is 18.3 Å². The molecule has 4 rings (SSSR count). The third kappa shape index (κ3) is 5.40. The molecule has 1 saturated heterocycles. The fraction of sp³-hybridized carbons (Fsp3) is 0.333. The number of hydrogen-bond acceptors (Lipinski definition) is 6. The Bertz CT molecular complexity index is 1190. The summed E-state index contributed by atoms with van der Waals surface area (Å²) in [7, 11) is 3.54. The molecule has 1 aliphatic rings. The second kappa shape index (κ2) is 9.45. The number of nitrogens with one attached hydrogen (secondary N) is 1. The molecule has 1 amide bonds. The van der Waals surface area contributed by atoms with Gasteiger partial charge in [0.25, 0.3) is 5.91 Å². The third-order valence-corrected chi connectivity index (χ3v) is 6.64. The molecular formula is C27H33BN4O3. The topological polar surface area (TPSA) is 89.7 Å². The predicted octanol–water partition coefficient (Wildman–Crippen LogP) is 3.94. The van der Waals surface area contributed by atoms with Gasteiger partial charge in [-0.05, 0) is 82.6 Å². The second-order valence-corrected chi connectivity index (χ2v) is 10.2. The number of amides is 1. The van der Waals surface area contributed by atoms with Gasteiger partial charge in [0.15, 0.2) is 0 Å². The number of nitrogens with zero attached hydrogens (tertiary/aromatic N) is 2. The fourth-order valence-corrected chi connectivity index (χ4v) is 3.83. The summed E-state index contributed by atoms with van der Waals surface area (Å²) in [5.74, 6) is -0.256. The van der Waals surface area contributed by atoms with Crippen molar-refractivity contribution in [3.63, 3.8) is 0 Å². The predicted molar refractivity (Wildman–Crippen MR) is 142 cm³/mol. The van der Waals surface area contributed by atoms with Crippen LogP contribution in [-0.2, 0) is 15.9 Å². The fourth-order valence-electron chi connectivity index (χ4n) is 3.83. The van der Waals surface area contributed by atoms with Crippen LogP contribution in [0.15, 0.2) is 60.8 Å². The molecule has 182 valence electrons. The highest BCUT2D eigenvalue weighted by molar-refractivity contribution is 6.62. The van der Waals surface area contributed by atoms with E-state index in [1.807, 2.05) is 89.2 Å². The number of rotatable bonds is 6. The molecule has 0 unspecified atom stereocenters. The summed E-state index contributed by atoms with van der Waals surface area (Å²) in [6.07, 6.45) is 1.59. The van der Waals surface area contributed by atoms with Crippen molar-refractivity contribution in [1.82, 2.24) is 9.88 Å². The van der Waals surface area contributed by atoms with Crippen molar-refractivity contribution in [1.29, 1.82) is 0 Å². The second-order valence-electron chi connectivity index (χ2n) is 10.2. The molecule has 0 radical (unpaired) electrons. The van der Waals surface area contributed by atoms with Crippen molar-refractivity contribution in [2.45, 2.75) is 45.4 Å². The summed E-state index contributed by atoms with van der Waals surface area (Å²) in [4.78, 5) is 19.2. The Labute approximate surface area is 207 Å². The number of anilines is 2. The summed E-state index contributed by atoms with van der Waals surface area (Å²) in [5, 5.41) is 2.92. The van der Waals surface area contributed by atoms with E-state index in [0.29, 0.717) is 23.5 Å². The molecule has 7 nitrogen and oxygen atoms in total. The molecule has 0 aliphatic carbocycles. The Morgan fingerprint density at radius 2 is 1.60 bits per heavy atom. The van der Waals surface area contributed by atoms with Crippen molar-refractivity contribution in [2.75, 3.05) is 25.1 Å². The zero-order valence-corrected chi connectivity index (χ0v) is 21.3. The van der Waals surface area contributed by atoms with Gasteiger partial charge in [-0.3, -0.25) is 9.78 Å². The Balaban J connectivity index is 1.49. The van der Waals surface area contributed by atoms with E-state index in [4.69, 9.17) is 15.0 Å². The van der Waals surface area contributed by atoms with Gasteiger partial charge < -0.3 is 25.3 Å². The van der Waals surface area contributed by atoms with Crippen LogP contribution in [0.3, 0.4) is 0 Å². The quantitative estimate of drug-likeness (QED) is 0.417. The van der Waals surface area contributed by atoms with Crippen LogP contribution >= 0.6 is 0 Å². The molecule has 1 aromatic heterocycles. The van der Waals surface area contributed by atoms with E-state index in [9.17, 15) is 4.79 Å². The van der Waals surface area contributed by atoms with Crippen molar-refractivity contribution in [3.8, 4) is 11.1 Å². The number of nitrogen functional groups attached to an aromatic ring is 1. The minimum absolute atomic E-state index is 0.256. The molecule has 1 fully saturated rings. The molecular weight excluding hydrogens is 439 g/mol. The lowest BCUT2D eigenvalue weighted by molar-refractivity contribution is 0.00578. The maximum absolute atomic E-state index is 12.8. The highest BCUT2D eigenvalue weighted by Gasteiger charge is 2.51. The van der Waals surface area contributed by atoms with Gasteiger partial charge in [0.2, 0.25) is 0 Å². The molecule has 0 bridgehead atoms. The number of aromatic nitrogens is 1. The van der Waals surface area contributed by atoms with Crippen molar-refractivity contribution in [3.05, 3.63) is 72.1 Å². The van der Waals surface area contributed by atoms with Crippen LogP contribution in [0.1, 0.15) is 43.7 Å². The van der Waals surface area contributed by atoms with Gasteiger partial charge in [0.1, 0.15) is 0 Å². The average molecular weight is 472 g/mol. The molecule has 0 saturated carbocycles. The molecule has 3 N–H and O–H groups in total. The Kier molecular flexibility index (Phi) is 6.73.